The fourth-order valence-corrected chi connectivity index (χ4v) is 1.21. The van der Waals surface area contributed by atoms with E-state index in [1.165, 1.54) is 25.7 Å². The highest BCUT2D eigenvalue weighted by molar-refractivity contribution is 5.06. The molecule has 0 heterocycles. The fourth-order valence-electron chi connectivity index (χ4n) is 1.21. The molecule has 1 rings (SSSR count). The highest BCUT2D eigenvalue weighted by Crippen LogP contribution is 2.05. The Morgan fingerprint density at radius 3 is 2.42 bits per heavy atom. The van der Waals surface area contributed by atoms with Gasteiger partial charge in [0.1, 0.15) is 0 Å². The van der Waals surface area contributed by atoms with Crippen molar-refractivity contribution < 1.29 is 0 Å². The smallest absolute Gasteiger partial charge is 0.0166 e. The van der Waals surface area contributed by atoms with Crippen LogP contribution in [0.3, 0.4) is 0 Å². The van der Waals surface area contributed by atoms with Crippen molar-refractivity contribution in [3.63, 3.8) is 0 Å². The van der Waals surface area contributed by atoms with Crippen molar-refractivity contribution in [3.05, 3.63) is 42.9 Å². The van der Waals surface area contributed by atoms with Crippen LogP contribution in [-0.4, -0.2) is 0 Å². The maximum absolute atomic E-state index is 2.26. The molecule has 0 nitrogen and oxygen atoms in total. The van der Waals surface area contributed by atoms with Crippen LogP contribution < -0.4 is 0 Å². The molecule has 0 spiro atoms. The van der Waals surface area contributed by atoms with Crippen LogP contribution in [0.5, 0.6) is 0 Å². The summed E-state index contributed by atoms with van der Waals surface area (Å²) in [5, 5.41) is 0. The Morgan fingerprint density at radius 1 is 0.667 bits per heavy atom. The van der Waals surface area contributed by atoms with Crippen LogP contribution in [0.1, 0.15) is 32.1 Å². The van der Waals surface area contributed by atoms with Crippen LogP contribution in [-0.2, 0) is 0 Å². The lowest BCUT2D eigenvalue weighted by Crippen LogP contribution is -1.76. The van der Waals surface area contributed by atoms with Crippen molar-refractivity contribution in [2.75, 3.05) is 0 Å². The van der Waals surface area contributed by atoms with Crippen molar-refractivity contribution in [2.45, 2.75) is 32.1 Å². The second-order valence-electron chi connectivity index (χ2n) is 3.04. The first kappa shape index (κ1) is 9.31. The zero-order valence-corrected chi connectivity index (χ0v) is 7.58. The van der Waals surface area contributed by atoms with Crippen LogP contribution in [0.25, 0.3) is 0 Å². The SMILES string of the molecule is [CH]1/C=C/C/C=C\C=C\CCCC1. The number of allylic oxidation sites excluding steroid dienone is 6. The molecule has 1 radical (unpaired) electrons. The van der Waals surface area contributed by atoms with Gasteiger partial charge in [0.25, 0.3) is 0 Å². The lowest BCUT2D eigenvalue weighted by Gasteiger charge is -1.95. The highest BCUT2D eigenvalue weighted by Gasteiger charge is 1.86. The summed E-state index contributed by atoms with van der Waals surface area (Å²) < 4.78 is 0. The minimum absolute atomic E-state index is 1.06. The number of hydrogen-bond donors (Lipinski definition) is 0. The van der Waals surface area contributed by atoms with Crippen molar-refractivity contribution in [1.29, 1.82) is 0 Å². The van der Waals surface area contributed by atoms with E-state index < -0.39 is 0 Å². The summed E-state index contributed by atoms with van der Waals surface area (Å²) in [7, 11) is 0. The van der Waals surface area contributed by atoms with Gasteiger partial charge in [0.15, 0.2) is 0 Å². The summed E-state index contributed by atoms with van der Waals surface area (Å²) in [6.07, 6.45) is 21.5. The van der Waals surface area contributed by atoms with Gasteiger partial charge >= 0.3 is 0 Å². The molecule has 0 N–H and O–H groups in total. The Hall–Kier alpha value is -0.780. The van der Waals surface area contributed by atoms with Gasteiger partial charge < -0.3 is 0 Å². The Balaban J connectivity index is 2.31. The Morgan fingerprint density at radius 2 is 1.42 bits per heavy atom. The first-order valence-electron chi connectivity index (χ1n) is 4.80. The van der Waals surface area contributed by atoms with Crippen molar-refractivity contribution in [2.24, 2.45) is 0 Å². The second-order valence-corrected chi connectivity index (χ2v) is 3.04. The number of hydrogen-bond acceptors (Lipinski definition) is 0. The standard InChI is InChI=1S/C12H17/c1-2-4-6-8-10-12-11-9-7-5-3-1/h1-4,7,9,11H,5-6,8,10,12H2/b3-1-,4-2+,9-7+. The third-order valence-corrected chi connectivity index (χ3v) is 1.92. The minimum Gasteiger partial charge on any atom is -0.0845 e. The molecule has 0 heteroatoms. The van der Waals surface area contributed by atoms with E-state index in [2.05, 4.69) is 42.9 Å². The second kappa shape index (κ2) is 6.90. The third-order valence-electron chi connectivity index (χ3n) is 1.92. The molecule has 0 saturated heterocycles. The molecule has 0 unspecified atom stereocenters. The van der Waals surface area contributed by atoms with Gasteiger partial charge in [0.2, 0.25) is 0 Å². The first-order chi connectivity index (χ1) is 6.00. The molecule has 1 aliphatic carbocycles. The van der Waals surface area contributed by atoms with Gasteiger partial charge in [-0.15, -0.1) is 0 Å². The summed E-state index contributed by atoms with van der Waals surface area (Å²) in [6, 6.07) is 0. The molecule has 0 amide bonds. The van der Waals surface area contributed by atoms with E-state index in [0.717, 1.165) is 6.42 Å². The molecule has 0 saturated carbocycles. The quantitative estimate of drug-likeness (QED) is 0.506. The van der Waals surface area contributed by atoms with Crippen LogP contribution >= 0.6 is 0 Å². The molecule has 12 heavy (non-hydrogen) atoms. The lowest BCUT2D eigenvalue weighted by atomic mass is 10.1. The minimum atomic E-state index is 1.06. The van der Waals surface area contributed by atoms with E-state index in [1.54, 1.807) is 0 Å². The summed E-state index contributed by atoms with van der Waals surface area (Å²) in [5.74, 6) is 0. The van der Waals surface area contributed by atoms with E-state index in [0.29, 0.717) is 0 Å². The van der Waals surface area contributed by atoms with Crippen LogP contribution in [0.15, 0.2) is 36.5 Å². The fraction of sp³-hybridized carbons (Fsp3) is 0.417. The van der Waals surface area contributed by atoms with Gasteiger partial charge in [0, 0.05) is 0 Å². The summed E-state index contributed by atoms with van der Waals surface area (Å²) in [6.45, 7) is 0. The van der Waals surface area contributed by atoms with Crippen molar-refractivity contribution >= 4 is 0 Å². The van der Waals surface area contributed by atoms with E-state index in [-0.39, 0.29) is 0 Å². The van der Waals surface area contributed by atoms with Gasteiger partial charge in [-0.2, -0.15) is 0 Å². The molecule has 1 aliphatic rings. The number of rotatable bonds is 0. The molecule has 0 aromatic heterocycles. The summed E-state index contributed by atoms with van der Waals surface area (Å²) in [4.78, 5) is 0. The molecule has 0 fully saturated rings. The third kappa shape index (κ3) is 4.95. The molecular weight excluding hydrogens is 144 g/mol. The zero-order chi connectivity index (χ0) is 8.49. The Bertz CT molecular complexity index is 172. The monoisotopic (exact) mass is 161 g/mol. The molecule has 0 bridgehead atoms. The molecular formula is C12H17. The average molecular weight is 161 g/mol. The Labute approximate surface area is 75.7 Å². The van der Waals surface area contributed by atoms with E-state index in [9.17, 15) is 0 Å². The highest BCUT2D eigenvalue weighted by atomic mass is 13.9. The maximum atomic E-state index is 2.26. The normalized spacial score (nSPS) is 28.0. The van der Waals surface area contributed by atoms with Gasteiger partial charge in [0.05, 0.1) is 0 Å². The van der Waals surface area contributed by atoms with E-state index in [1.807, 2.05) is 0 Å². The first-order valence-corrected chi connectivity index (χ1v) is 4.80. The van der Waals surface area contributed by atoms with Gasteiger partial charge in [-0.25, -0.2) is 0 Å². The predicted octanol–water partition coefficient (Wildman–Crippen LogP) is 3.82. The summed E-state index contributed by atoms with van der Waals surface area (Å²) in [5.41, 5.74) is 0. The van der Waals surface area contributed by atoms with Gasteiger partial charge in [-0.05, 0) is 32.1 Å². The molecule has 0 aromatic carbocycles. The van der Waals surface area contributed by atoms with Crippen LogP contribution in [0.4, 0.5) is 0 Å². The topological polar surface area (TPSA) is 0 Å². The van der Waals surface area contributed by atoms with E-state index in [4.69, 9.17) is 0 Å². The van der Waals surface area contributed by atoms with Crippen molar-refractivity contribution in [1.82, 2.24) is 0 Å². The largest absolute Gasteiger partial charge is 0.0845 e. The van der Waals surface area contributed by atoms with Gasteiger partial charge in [-0.3, -0.25) is 0 Å². The molecule has 0 aromatic rings. The van der Waals surface area contributed by atoms with Crippen LogP contribution in [0, 0.1) is 6.42 Å². The van der Waals surface area contributed by atoms with E-state index >= 15 is 0 Å². The lowest BCUT2D eigenvalue weighted by molar-refractivity contribution is 0.747. The van der Waals surface area contributed by atoms with Gasteiger partial charge in [-0.1, -0.05) is 42.9 Å². The zero-order valence-electron chi connectivity index (χ0n) is 7.58. The molecule has 0 atom stereocenters. The predicted molar refractivity (Wildman–Crippen MR) is 54.8 cm³/mol. The van der Waals surface area contributed by atoms with Crippen LogP contribution in [0.2, 0.25) is 0 Å². The average Bonchev–Trinajstić information content (AvgIpc) is 2.05. The maximum Gasteiger partial charge on any atom is -0.0166 e. The molecule has 0 aliphatic heterocycles. The van der Waals surface area contributed by atoms with Crippen molar-refractivity contribution in [3.8, 4) is 0 Å². The summed E-state index contributed by atoms with van der Waals surface area (Å²) >= 11 is 0. The molecule has 65 valence electrons. The Kier molecular flexibility index (Phi) is 5.35.